The number of carbonyl (C=O) groups is 1. The summed E-state index contributed by atoms with van der Waals surface area (Å²) in [6.07, 6.45) is 0. The van der Waals surface area contributed by atoms with Crippen LogP contribution in [0.3, 0.4) is 0 Å². The molecule has 0 heterocycles. The quantitative estimate of drug-likeness (QED) is 0.669. The molecule has 16 heavy (non-hydrogen) atoms. The van der Waals surface area contributed by atoms with Gasteiger partial charge in [-0.25, -0.2) is 0 Å². The lowest BCUT2D eigenvalue weighted by Gasteiger charge is -2.12. The Hall–Kier alpha value is -0.520. The molecule has 0 aliphatic carbocycles. The fourth-order valence-corrected chi connectivity index (χ4v) is 2.75. The van der Waals surface area contributed by atoms with Crippen LogP contribution in [0, 0.1) is 0 Å². The van der Waals surface area contributed by atoms with Crippen LogP contribution in [0.1, 0.15) is 0 Å². The van der Waals surface area contributed by atoms with Crippen LogP contribution in [-0.2, 0) is 9.53 Å². The summed E-state index contributed by atoms with van der Waals surface area (Å²) in [5.41, 5.74) is 0. The summed E-state index contributed by atoms with van der Waals surface area (Å²) in [5.74, 6) is 0.421. The molecule has 0 aliphatic rings. The van der Waals surface area contributed by atoms with Gasteiger partial charge in [-0.05, 0) is 25.2 Å². The number of esters is 1. The van der Waals surface area contributed by atoms with Crippen molar-refractivity contribution in [1.82, 2.24) is 5.32 Å². The SMILES string of the molecule is CNC(CSc1cccc(Br)c1)C(=O)OC. The van der Waals surface area contributed by atoms with Crippen molar-refractivity contribution in [2.24, 2.45) is 0 Å². The van der Waals surface area contributed by atoms with Gasteiger partial charge in [0, 0.05) is 15.1 Å². The third kappa shape index (κ3) is 4.15. The first-order valence-corrected chi connectivity index (χ1v) is 6.58. The first-order valence-electron chi connectivity index (χ1n) is 4.81. The first-order chi connectivity index (χ1) is 7.67. The minimum atomic E-state index is -0.269. The van der Waals surface area contributed by atoms with Crippen molar-refractivity contribution < 1.29 is 9.53 Å². The topological polar surface area (TPSA) is 38.3 Å². The summed E-state index contributed by atoms with van der Waals surface area (Å²) in [6.45, 7) is 0. The second-order valence-corrected chi connectivity index (χ2v) is 5.14. The van der Waals surface area contributed by atoms with E-state index in [9.17, 15) is 4.79 Å². The number of nitrogens with one attached hydrogen (secondary N) is 1. The zero-order valence-corrected chi connectivity index (χ0v) is 11.6. The molecule has 0 saturated carbocycles. The Labute approximate surface area is 108 Å². The number of halogens is 1. The van der Waals surface area contributed by atoms with E-state index in [1.807, 2.05) is 24.3 Å². The van der Waals surface area contributed by atoms with Crippen molar-refractivity contribution in [3.8, 4) is 0 Å². The van der Waals surface area contributed by atoms with Gasteiger partial charge in [0.05, 0.1) is 7.11 Å². The zero-order chi connectivity index (χ0) is 12.0. The fourth-order valence-electron chi connectivity index (χ4n) is 1.15. The summed E-state index contributed by atoms with van der Waals surface area (Å²) < 4.78 is 5.73. The molecule has 1 unspecified atom stereocenters. The molecule has 0 radical (unpaired) electrons. The third-order valence-corrected chi connectivity index (χ3v) is 3.63. The largest absolute Gasteiger partial charge is 0.468 e. The van der Waals surface area contributed by atoms with Crippen LogP contribution >= 0.6 is 27.7 Å². The highest BCUT2D eigenvalue weighted by Gasteiger charge is 2.16. The Kier molecular flexibility index (Phi) is 5.87. The van der Waals surface area contributed by atoms with Crippen molar-refractivity contribution in [3.05, 3.63) is 28.7 Å². The molecular formula is C11H14BrNO2S. The van der Waals surface area contributed by atoms with Gasteiger partial charge in [0.25, 0.3) is 0 Å². The summed E-state index contributed by atoms with van der Waals surface area (Å²) in [6, 6.07) is 7.71. The van der Waals surface area contributed by atoms with E-state index in [0.29, 0.717) is 5.75 Å². The number of carbonyl (C=O) groups excluding carboxylic acids is 1. The molecule has 0 saturated heterocycles. The van der Waals surface area contributed by atoms with E-state index >= 15 is 0 Å². The molecule has 0 aliphatic heterocycles. The average Bonchev–Trinajstić information content (AvgIpc) is 2.29. The lowest BCUT2D eigenvalue weighted by atomic mass is 10.3. The Bertz CT molecular complexity index is 360. The standard InChI is InChI=1S/C11H14BrNO2S/c1-13-10(11(14)15-2)7-16-9-5-3-4-8(12)6-9/h3-6,10,13H,7H2,1-2H3. The Morgan fingerprint density at radius 3 is 2.94 bits per heavy atom. The van der Waals surface area contributed by atoms with Crippen molar-refractivity contribution >= 4 is 33.7 Å². The minimum absolute atomic E-state index is 0.231. The molecule has 1 atom stereocenters. The van der Waals surface area contributed by atoms with Gasteiger partial charge >= 0.3 is 5.97 Å². The molecule has 5 heteroatoms. The molecule has 1 rings (SSSR count). The first kappa shape index (κ1) is 13.5. The van der Waals surface area contributed by atoms with Crippen LogP contribution in [0.25, 0.3) is 0 Å². The maximum atomic E-state index is 11.3. The number of methoxy groups -OCH3 is 1. The number of rotatable bonds is 5. The molecule has 3 nitrogen and oxygen atoms in total. The van der Waals surface area contributed by atoms with Gasteiger partial charge in [0.1, 0.15) is 6.04 Å². The molecule has 0 amide bonds. The van der Waals surface area contributed by atoms with Gasteiger partial charge in [-0.2, -0.15) is 0 Å². The summed E-state index contributed by atoms with van der Waals surface area (Å²) in [7, 11) is 3.15. The second kappa shape index (κ2) is 6.93. The van der Waals surface area contributed by atoms with Crippen LogP contribution in [-0.4, -0.2) is 31.9 Å². The van der Waals surface area contributed by atoms with Crippen LogP contribution in [0.15, 0.2) is 33.6 Å². The Morgan fingerprint density at radius 1 is 1.62 bits per heavy atom. The van der Waals surface area contributed by atoms with E-state index in [1.54, 1.807) is 18.8 Å². The number of hydrogen-bond acceptors (Lipinski definition) is 4. The maximum Gasteiger partial charge on any atom is 0.323 e. The molecule has 0 bridgehead atoms. The van der Waals surface area contributed by atoms with Gasteiger partial charge in [0.2, 0.25) is 0 Å². The van der Waals surface area contributed by atoms with Crippen LogP contribution < -0.4 is 5.32 Å². The maximum absolute atomic E-state index is 11.3. The highest BCUT2D eigenvalue weighted by molar-refractivity contribution is 9.10. The summed E-state index contributed by atoms with van der Waals surface area (Å²) in [4.78, 5) is 12.4. The predicted octanol–water partition coefficient (Wildman–Crippen LogP) is 2.30. The van der Waals surface area contributed by atoms with E-state index < -0.39 is 0 Å². The van der Waals surface area contributed by atoms with E-state index in [4.69, 9.17) is 4.74 Å². The lowest BCUT2D eigenvalue weighted by Crippen LogP contribution is -2.37. The second-order valence-electron chi connectivity index (χ2n) is 3.13. The number of hydrogen-bond donors (Lipinski definition) is 1. The van der Waals surface area contributed by atoms with Gasteiger partial charge in [-0.15, -0.1) is 11.8 Å². The predicted molar refractivity (Wildman–Crippen MR) is 69.7 cm³/mol. The van der Waals surface area contributed by atoms with E-state index in [-0.39, 0.29) is 12.0 Å². The summed E-state index contributed by atoms with van der Waals surface area (Å²) in [5, 5.41) is 2.93. The Balaban J connectivity index is 2.52. The van der Waals surface area contributed by atoms with Gasteiger partial charge < -0.3 is 10.1 Å². The highest BCUT2D eigenvalue weighted by Crippen LogP contribution is 2.22. The van der Waals surface area contributed by atoms with Crippen LogP contribution in [0.2, 0.25) is 0 Å². The average molecular weight is 304 g/mol. The Morgan fingerprint density at radius 2 is 2.38 bits per heavy atom. The molecule has 0 aromatic heterocycles. The molecule has 0 fully saturated rings. The number of likely N-dealkylation sites (N-methyl/N-ethyl adjacent to an activating group) is 1. The van der Waals surface area contributed by atoms with E-state index in [1.165, 1.54) is 7.11 Å². The van der Waals surface area contributed by atoms with Crippen LogP contribution in [0.4, 0.5) is 0 Å². The van der Waals surface area contributed by atoms with Crippen LogP contribution in [0.5, 0.6) is 0 Å². The smallest absolute Gasteiger partial charge is 0.323 e. The number of thioether (sulfide) groups is 1. The van der Waals surface area contributed by atoms with Gasteiger partial charge in [0.15, 0.2) is 0 Å². The van der Waals surface area contributed by atoms with Crippen molar-refractivity contribution in [1.29, 1.82) is 0 Å². The lowest BCUT2D eigenvalue weighted by molar-refractivity contribution is -0.142. The van der Waals surface area contributed by atoms with Gasteiger partial charge in [-0.1, -0.05) is 22.0 Å². The fraction of sp³-hybridized carbons (Fsp3) is 0.364. The molecule has 88 valence electrons. The minimum Gasteiger partial charge on any atom is -0.468 e. The molecule has 1 N–H and O–H groups in total. The zero-order valence-electron chi connectivity index (χ0n) is 9.20. The van der Waals surface area contributed by atoms with Gasteiger partial charge in [-0.3, -0.25) is 4.79 Å². The molecule has 1 aromatic rings. The molecule has 1 aromatic carbocycles. The number of ether oxygens (including phenoxy) is 1. The number of benzene rings is 1. The monoisotopic (exact) mass is 303 g/mol. The third-order valence-electron chi connectivity index (χ3n) is 2.05. The normalized spacial score (nSPS) is 12.2. The van der Waals surface area contributed by atoms with Crippen molar-refractivity contribution in [3.63, 3.8) is 0 Å². The summed E-state index contributed by atoms with van der Waals surface area (Å²) >= 11 is 5.03. The van der Waals surface area contributed by atoms with E-state index in [2.05, 4.69) is 21.2 Å². The molecular weight excluding hydrogens is 290 g/mol. The molecule has 0 spiro atoms. The highest BCUT2D eigenvalue weighted by atomic mass is 79.9. The van der Waals surface area contributed by atoms with E-state index in [0.717, 1.165) is 9.37 Å². The van der Waals surface area contributed by atoms with Crippen molar-refractivity contribution in [2.45, 2.75) is 10.9 Å². The van der Waals surface area contributed by atoms with Crippen molar-refractivity contribution in [2.75, 3.05) is 19.9 Å².